The molecule has 20 heteroatoms. The Morgan fingerprint density at radius 2 is 1.14 bits per heavy atom. The first-order valence-corrected chi connectivity index (χ1v) is 26.7. The molecule has 0 radical (unpaired) electrons. The minimum Gasteiger partial charge on any atom is -0.497 e. The van der Waals surface area contributed by atoms with Crippen LogP contribution in [0.15, 0.2) is 97.3 Å². The number of carbonyl (C=O) groups is 2. The number of aliphatic hydroxyl groups is 4. The number of hydrogen-bond acceptors (Lipinski definition) is 18. The first kappa shape index (κ1) is 51.6. The smallest absolute Gasteiger partial charge is 0.415 e. The molecular formula is C58H64N6O14. The number of amides is 2. The first-order valence-electron chi connectivity index (χ1n) is 26.7. The van der Waals surface area contributed by atoms with Crippen molar-refractivity contribution in [1.29, 1.82) is 0 Å². The minimum atomic E-state index is -1.40. The lowest BCUT2D eigenvalue weighted by Crippen LogP contribution is -2.71. The fraction of sp³-hybridized carbons (Fsp3) is 0.448. The van der Waals surface area contributed by atoms with E-state index in [1.807, 2.05) is 42.5 Å². The SMILES string of the molecule is COc1ccc2nccc([C@H](O)CN3CC[C@]4(OC(=O)N(c5ccc6c(c5)OCCO6)C4C4CN(C[C@H](O)c5ccnc6ccc(OC)cc56)CC(CCO)C45CN(c4ccc6c(c4)OCCO6)C(=O)O5)[C@@H](CCO)C3)c2c1. The number of rotatable bonds is 15. The maximum atomic E-state index is 15.4. The molecule has 2 amide bonds. The molecular weight excluding hydrogens is 1000 g/mol. The average molecular weight is 1070 g/mol. The molecule has 20 nitrogen and oxygen atoms in total. The Bertz CT molecular complexity index is 3220. The van der Waals surface area contributed by atoms with Crippen molar-refractivity contribution >= 4 is 45.4 Å². The van der Waals surface area contributed by atoms with Gasteiger partial charge in [0.25, 0.3) is 0 Å². The highest BCUT2D eigenvalue weighted by atomic mass is 16.6. The lowest BCUT2D eigenvalue weighted by Gasteiger charge is -2.56. The van der Waals surface area contributed by atoms with Crippen LogP contribution in [-0.4, -0.2) is 169 Å². The fourth-order valence-corrected chi connectivity index (χ4v) is 13.3. The Hall–Kier alpha value is -7.20. The van der Waals surface area contributed by atoms with E-state index in [2.05, 4.69) is 19.8 Å². The number of piperidine rings is 2. The van der Waals surface area contributed by atoms with Gasteiger partial charge in [-0.05, 0) is 96.8 Å². The summed E-state index contributed by atoms with van der Waals surface area (Å²) in [4.78, 5) is 46.9. The van der Waals surface area contributed by atoms with Crippen LogP contribution in [0.1, 0.15) is 42.6 Å². The highest BCUT2D eigenvalue weighted by molar-refractivity contribution is 5.94. The van der Waals surface area contributed by atoms with Gasteiger partial charge in [-0.2, -0.15) is 0 Å². The van der Waals surface area contributed by atoms with Crippen LogP contribution in [0.25, 0.3) is 21.8 Å². The maximum Gasteiger partial charge on any atom is 0.415 e. The van der Waals surface area contributed by atoms with Crippen molar-refractivity contribution in [2.45, 2.75) is 48.7 Å². The van der Waals surface area contributed by atoms with Gasteiger partial charge in [0.1, 0.15) is 49.1 Å². The largest absolute Gasteiger partial charge is 0.497 e. The Kier molecular flexibility index (Phi) is 14.0. The van der Waals surface area contributed by atoms with Crippen molar-refractivity contribution in [1.82, 2.24) is 19.8 Å². The molecule has 4 unspecified atom stereocenters. The molecule has 8 atom stereocenters. The molecule has 12 rings (SSSR count). The normalized spacial score (nSPS) is 25.9. The monoisotopic (exact) mass is 1070 g/mol. The van der Waals surface area contributed by atoms with Crippen molar-refractivity contribution < 1.29 is 67.9 Å². The molecule has 2 aromatic heterocycles. The van der Waals surface area contributed by atoms with E-state index in [-0.39, 0.29) is 58.7 Å². The molecule has 8 heterocycles. The van der Waals surface area contributed by atoms with E-state index in [1.54, 1.807) is 78.9 Å². The number of pyridine rings is 2. The molecule has 4 fully saturated rings. The van der Waals surface area contributed by atoms with Gasteiger partial charge >= 0.3 is 12.2 Å². The third-order valence-corrected chi connectivity index (χ3v) is 16.9. The number of benzene rings is 4. The lowest BCUT2D eigenvalue weighted by atomic mass is 9.61. The van der Waals surface area contributed by atoms with Gasteiger partial charge in [0.05, 0.1) is 61.4 Å². The molecule has 2 spiro atoms. The number of anilines is 2. The molecule has 0 bridgehead atoms. The van der Waals surface area contributed by atoms with Gasteiger partial charge < -0.3 is 58.3 Å². The highest BCUT2D eigenvalue weighted by Crippen LogP contribution is 2.56. The highest BCUT2D eigenvalue weighted by Gasteiger charge is 2.70. The van der Waals surface area contributed by atoms with Gasteiger partial charge in [-0.1, -0.05) is 0 Å². The molecule has 4 N–H and O–H groups in total. The first-order chi connectivity index (χ1) is 38.0. The van der Waals surface area contributed by atoms with E-state index in [0.29, 0.717) is 114 Å². The van der Waals surface area contributed by atoms with Crippen LogP contribution in [0.3, 0.4) is 0 Å². The van der Waals surface area contributed by atoms with Gasteiger partial charge in [0, 0.05) is 112 Å². The third kappa shape index (κ3) is 9.16. The standard InChI is InChI=1S/C58H64N6O14/c1-71-39-5-7-46-43(27-39)41(11-16-59-46)48(67)32-61-18-15-57(35(29-61)13-19-65)54(64(56(70)78-57)38-4-10-51-53(26-38)76-24-22-74-51)45-31-62(33-49(68)42-12-17-60-47-8-6-40(72-2)28-44(42)47)30-36(14-20-66)58(45)34-63(55(69)77-58)37-3-9-50-52(25-37)75-23-21-73-50/h3-12,16-17,25-28,35-36,45,48-49,54,65-68H,13-15,18-24,29-34H2,1-2H3/t35-,36?,45?,48+,49-,54?,57-,58?/m0/s1. The summed E-state index contributed by atoms with van der Waals surface area (Å²) in [5.41, 5.74) is 0.938. The van der Waals surface area contributed by atoms with E-state index in [0.717, 1.165) is 10.8 Å². The van der Waals surface area contributed by atoms with Crippen molar-refractivity contribution in [3.63, 3.8) is 0 Å². The summed E-state index contributed by atoms with van der Waals surface area (Å²) in [5.74, 6) is 1.36. The number of fused-ring (bicyclic) bond motifs is 4. The zero-order chi connectivity index (χ0) is 53.7. The van der Waals surface area contributed by atoms with Crippen molar-refractivity contribution in [2.24, 2.45) is 17.8 Å². The van der Waals surface area contributed by atoms with Gasteiger partial charge in [0.15, 0.2) is 23.0 Å². The lowest BCUT2D eigenvalue weighted by molar-refractivity contribution is -0.147. The van der Waals surface area contributed by atoms with E-state index in [4.69, 9.17) is 37.9 Å². The number of nitrogens with zero attached hydrogens (tertiary/aromatic N) is 6. The number of ether oxygens (including phenoxy) is 8. The van der Waals surface area contributed by atoms with Crippen LogP contribution in [0.5, 0.6) is 34.5 Å². The van der Waals surface area contributed by atoms with Gasteiger partial charge in [-0.25, -0.2) is 9.59 Å². The van der Waals surface area contributed by atoms with Crippen molar-refractivity contribution in [3.05, 3.63) is 108 Å². The predicted octanol–water partition coefficient (Wildman–Crippen LogP) is 5.90. The summed E-state index contributed by atoms with van der Waals surface area (Å²) in [6, 6.07) is 24.4. The maximum absolute atomic E-state index is 15.4. The van der Waals surface area contributed by atoms with Crippen LogP contribution in [-0.2, 0) is 9.47 Å². The molecule has 4 saturated heterocycles. The molecule has 78 heavy (non-hydrogen) atoms. The number of aromatic nitrogens is 2. The van der Waals surface area contributed by atoms with Crippen LogP contribution in [0, 0.1) is 17.8 Å². The topological polar surface area (TPSA) is 228 Å². The summed E-state index contributed by atoms with van der Waals surface area (Å²) < 4.78 is 49.0. The molecule has 6 aliphatic heterocycles. The number of aliphatic hydroxyl groups excluding tert-OH is 4. The molecule has 6 aliphatic rings. The van der Waals surface area contributed by atoms with Gasteiger partial charge in [0.2, 0.25) is 0 Å². The summed E-state index contributed by atoms with van der Waals surface area (Å²) in [6.07, 6.45) is 0.755. The Balaban J connectivity index is 0.976. The van der Waals surface area contributed by atoms with Gasteiger partial charge in [-0.15, -0.1) is 0 Å². The summed E-state index contributed by atoms with van der Waals surface area (Å²) in [5, 5.41) is 48.1. The number of hydrogen-bond donors (Lipinski definition) is 4. The molecule has 410 valence electrons. The number of β-amino-alcohol motifs (C(OH)–C–C–N with tert-alkyl or cyclic N) is 2. The third-order valence-electron chi connectivity index (χ3n) is 16.9. The zero-order valence-corrected chi connectivity index (χ0v) is 43.6. The summed E-state index contributed by atoms with van der Waals surface area (Å²) in [6.45, 7) is 2.40. The minimum absolute atomic E-state index is 0.0232. The van der Waals surface area contributed by atoms with Crippen molar-refractivity contribution in [3.8, 4) is 34.5 Å². The predicted molar refractivity (Wildman–Crippen MR) is 285 cm³/mol. The zero-order valence-electron chi connectivity index (χ0n) is 43.6. The Morgan fingerprint density at radius 1 is 0.615 bits per heavy atom. The molecule has 0 saturated carbocycles. The number of methoxy groups -OCH3 is 2. The van der Waals surface area contributed by atoms with Crippen LogP contribution in [0.2, 0.25) is 0 Å². The quantitative estimate of drug-likeness (QED) is 0.0938. The Morgan fingerprint density at radius 3 is 1.73 bits per heavy atom. The fourth-order valence-electron chi connectivity index (χ4n) is 13.3. The number of likely N-dealkylation sites (tertiary alicyclic amines) is 2. The molecule has 0 aliphatic carbocycles. The summed E-state index contributed by atoms with van der Waals surface area (Å²) >= 11 is 0. The Labute approximate surface area is 450 Å². The van der Waals surface area contributed by atoms with Crippen LogP contribution in [0.4, 0.5) is 21.0 Å². The van der Waals surface area contributed by atoms with Crippen molar-refractivity contribution in [2.75, 3.05) is 109 Å². The van der Waals surface area contributed by atoms with Crippen LogP contribution < -0.4 is 38.2 Å². The number of carbonyl (C=O) groups excluding carboxylic acids is 2. The second kappa shape index (κ2) is 21.2. The van der Waals surface area contributed by atoms with E-state index in [9.17, 15) is 25.2 Å². The molecule has 6 aromatic rings. The van der Waals surface area contributed by atoms with E-state index < -0.39 is 59.4 Å². The van der Waals surface area contributed by atoms with Gasteiger partial charge in [-0.3, -0.25) is 29.6 Å². The second-order valence-corrected chi connectivity index (χ2v) is 21.1. The second-order valence-electron chi connectivity index (χ2n) is 21.1. The van der Waals surface area contributed by atoms with Crippen LogP contribution >= 0.6 is 0 Å². The van der Waals surface area contributed by atoms with E-state index in [1.165, 1.54) is 0 Å². The molecule has 4 aromatic carbocycles. The average Bonchev–Trinajstić information content (AvgIpc) is 4.20. The van der Waals surface area contributed by atoms with E-state index >= 15 is 4.79 Å². The summed E-state index contributed by atoms with van der Waals surface area (Å²) in [7, 11) is 3.18.